The Bertz CT molecular complexity index is 575. The van der Waals surface area contributed by atoms with Crippen molar-refractivity contribution in [2.75, 3.05) is 31.1 Å². The molecule has 5 heteroatoms. The number of aromatic nitrogens is 2. The lowest BCUT2D eigenvalue weighted by Crippen LogP contribution is -2.10. The predicted molar refractivity (Wildman–Crippen MR) is 97.0 cm³/mol. The fourth-order valence-electron chi connectivity index (χ4n) is 1.90. The summed E-state index contributed by atoms with van der Waals surface area (Å²) >= 11 is 5.96. The van der Waals surface area contributed by atoms with E-state index in [0.717, 1.165) is 23.3 Å². The van der Waals surface area contributed by atoms with Crippen LogP contribution in [0.3, 0.4) is 0 Å². The fourth-order valence-corrected chi connectivity index (χ4v) is 2.67. The summed E-state index contributed by atoms with van der Waals surface area (Å²) in [5, 5.41) is 1.62. The summed E-state index contributed by atoms with van der Waals surface area (Å²) < 4.78 is 7.94. The Morgan fingerprint density at radius 2 is 1.90 bits per heavy atom. The molecule has 2 rings (SSSR count). The van der Waals surface area contributed by atoms with Crippen molar-refractivity contribution >= 4 is 32.5 Å². The van der Waals surface area contributed by atoms with Crippen LogP contribution in [0, 0.1) is 6.92 Å². The van der Waals surface area contributed by atoms with E-state index in [4.69, 9.17) is 16.3 Å². The van der Waals surface area contributed by atoms with Gasteiger partial charge in [-0.25, -0.2) is 15.0 Å². The Labute approximate surface area is 135 Å². The molecule has 0 aliphatic rings. The number of halogens is 1. The van der Waals surface area contributed by atoms with Gasteiger partial charge in [0.15, 0.2) is 0 Å². The minimum Gasteiger partial charge on any atom is -0.360 e. The van der Waals surface area contributed by atoms with Crippen LogP contribution in [-0.4, -0.2) is 40.7 Å². The van der Waals surface area contributed by atoms with E-state index in [2.05, 4.69) is 41.3 Å². The molecule has 0 bridgehead atoms. The van der Waals surface area contributed by atoms with Gasteiger partial charge in [-0.3, -0.25) is 0 Å². The van der Waals surface area contributed by atoms with Crippen LogP contribution >= 0.6 is 21.6 Å². The third kappa shape index (κ3) is 5.53. The van der Waals surface area contributed by atoms with Crippen LogP contribution in [0.25, 0.3) is 10.9 Å². The summed E-state index contributed by atoms with van der Waals surface area (Å²) in [6.45, 7) is 7.45. The lowest BCUT2D eigenvalue weighted by atomic mass is 10.3. The highest BCUT2D eigenvalue weighted by Gasteiger charge is 2.08. The van der Waals surface area contributed by atoms with Crippen molar-refractivity contribution in [1.29, 1.82) is 0 Å². The standard InChI is InChI=1S/C14H21ClN2OS.C2H6/c1-11-7-12-9-16-14(15)8-13(12)17(11)10-18-5-6-19(2,3)4;1-2/h7-9H,5-6,10H2,1-4H3;1-2H3. The maximum atomic E-state index is 5.96. The van der Waals surface area contributed by atoms with E-state index in [0.29, 0.717) is 11.9 Å². The summed E-state index contributed by atoms with van der Waals surface area (Å²) in [5.74, 6) is 1.13. The van der Waals surface area contributed by atoms with Gasteiger partial charge in [0.25, 0.3) is 0 Å². The van der Waals surface area contributed by atoms with E-state index >= 15 is 0 Å². The number of hydrogen-bond acceptors (Lipinski definition) is 2. The van der Waals surface area contributed by atoms with Gasteiger partial charge in [0.2, 0.25) is 0 Å². The van der Waals surface area contributed by atoms with Crippen molar-refractivity contribution < 1.29 is 4.74 Å². The molecule has 120 valence electrons. The normalized spacial score (nSPS) is 12.1. The van der Waals surface area contributed by atoms with Crippen LogP contribution in [0.4, 0.5) is 0 Å². The minimum absolute atomic E-state index is 0.490. The van der Waals surface area contributed by atoms with Gasteiger partial charge in [-0.05, 0) is 37.8 Å². The lowest BCUT2D eigenvalue weighted by molar-refractivity contribution is 0.0915. The van der Waals surface area contributed by atoms with E-state index in [1.54, 1.807) is 6.20 Å². The summed E-state index contributed by atoms with van der Waals surface area (Å²) in [5.41, 5.74) is 2.25. The van der Waals surface area contributed by atoms with E-state index in [9.17, 15) is 0 Å². The molecule has 0 fully saturated rings. The molecule has 0 aliphatic heterocycles. The number of pyridine rings is 1. The molecule has 21 heavy (non-hydrogen) atoms. The first-order valence-corrected chi connectivity index (χ1v) is 10.6. The van der Waals surface area contributed by atoms with Crippen molar-refractivity contribution in [3.8, 4) is 0 Å². The molecular formula is C16H27ClN2OS. The third-order valence-electron chi connectivity index (χ3n) is 3.02. The van der Waals surface area contributed by atoms with Crippen LogP contribution in [0.1, 0.15) is 19.5 Å². The number of ether oxygens (including phenoxy) is 1. The first-order valence-electron chi connectivity index (χ1n) is 7.22. The smallest absolute Gasteiger partial charge is 0.131 e. The summed E-state index contributed by atoms with van der Waals surface area (Å²) in [6.07, 6.45) is 8.72. The molecule has 0 amide bonds. The predicted octanol–water partition coefficient (Wildman–Crippen LogP) is 4.69. The molecule has 0 radical (unpaired) electrons. The number of nitrogens with zero attached hydrogens (tertiary/aromatic N) is 2. The molecule has 0 N–H and O–H groups in total. The zero-order valence-corrected chi connectivity index (χ0v) is 15.5. The quantitative estimate of drug-likeness (QED) is 0.587. The lowest BCUT2D eigenvalue weighted by Gasteiger charge is -2.24. The van der Waals surface area contributed by atoms with Gasteiger partial charge in [0, 0.05) is 23.0 Å². The Balaban J connectivity index is 0.00000106. The molecule has 0 aliphatic carbocycles. The average Bonchev–Trinajstić information content (AvgIpc) is 2.72. The fraction of sp³-hybridized carbons (Fsp3) is 0.562. The summed E-state index contributed by atoms with van der Waals surface area (Å²) in [6, 6.07) is 4.00. The summed E-state index contributed by atoms with van der Waals surface area (Å²) in [7, 11) is -0.490. The Morgan fingerprint density at radius 1 is 1.24 bits per heavy atom. The Kier molecular flexibility index (Phi) is 7.04. The molecule has 2 heterocycles. The molecule has 0 aromatic carbocycles. The SMILES string of the molecule is CC.Cc1cc2cnc(Cl)cc2n1COCCS(C)(C)C. The highest BCUT2D eigenvalue weighted by molar-refractivity contribution is 8.32. The van der Waals surface area contributed by atoms with Crippen molar-refractivity contribution in [3.05, 3.63) is 29.2 Å². The molecule has 3 nitrogen and oxygen atoms in total. The van der Waals surface area contributed by atoms with E-state index < -0.39 is 10.0 Å². The van der Waals surface area contributed by atoms with Gasteiger partial charge in [-0.1, -0.05) is 25.4 Å². The molecule has 0 saturated carbocycles. The van der Waals surface area contributed by atoms with Gasteiger partial charge in [0.1, 0.15) is 11.9 Å². The topological polar surface area (TPSA) is 27.1 Å². The maximum absolute atomic E-state index is 5.96. The van der Waals surface area contributed by atoms with E-state index in [-0.39, 0.29) is 0 Å². The Morgan fingerprint density at radius 3 is 2.52 bits per heavy atom. The van der Waals surface area contributed by atoms with Crippen molar-refractivity contribution in [3.63, 3.8) is 0 Å². The van der Waals surface area contributed by atoms with E-state index in [1.165, 1.54) is 5.69 Å². The molecule has 2 aromatic heterocycles. The van der Waals surface area contributed by atoms with Crippen LogP contribution in [0.5, 0.6) is 0 Å². The van der Waals surface area contributed by atoms with Crippen molar-refractivity contribution in [2.24, 2.45) is 0 Å². The summed E-state index contributed by atoms with van der Waals surface area (Å²) in [4.78, 5) is 4.11. The average molecular weight is 331 g/mol. The van der Waals surface area contributed by atoms with Crippen molar-refractivity contribution in [2.45, 2.75) is 27.5 Å². The minimum atomic E-state index is -0.490. The second kappa shape index (κ2) is 8.06. The largest absolute Gasteiger partial charge is 0.360 e. The first-order chi connectivity index (χ1) is 9.87. The first kappa shape index (κ1) is 18.3. The Hall–Kier alpha value is -0.710. The van der Waals surface area contributed by atoms with Crippen LogP contribution in [-0.2, 0) is 11.5 Å². The van der Waals surface area contributed by atoms with Gasteiger partial charge in [-0.15, -0.1) is 0 Å². The highest BCUT2D eigenvalue weighted by Crippen LogP contribution is 2.33. The van der Waals surface area contributed by atoms with Crippen LogP contribution < -0.4 is 0 Å². The van der Waals surface area contributed by atoms with Crippen LogP contribution in [0.15, 0.2) is 18.3 Å². The van der Waals surface area contributed by atoms with Crippen LogP contribution in [0.2, 0.25) is 5.15 Å². The number of hydrogen-bond donors (Lipinski definition) is 0. The molecule has 0 spiro atoms. The van der Waals surface area contributed by atoms with Crippen molar-refractivity contribution in [1.82, 2.24) is 9.55 Å². The molecule has 0 atom stereocenters. The maximum Gasteiger partial charge on any atom is 0.131 e. The number of aryl methyl sites for hydroxylation is 1. The second-order valence-electron chi connectivity index (χ2n) is 5.61. The van der Waals surface area contributed by atoms with E-state index in [1.807, 2.05) is 19.9 Å². The van der Waals surface area contributed by atoms with Gasteiger partial charge >= 0.3 is 0 Å². The second-order valence-corrected chi connectivity index (χ2v) is 10.6. The molecular weight excluding hydrogens is 304 g/mol. The molecule has 0 unspecified atom stereocenters. The zero-order valence-electron chi connectivity index (χ0n) is 13.9. The number of rotatable bonds is 5. The third-order valence-corrected chi connectivity index (χ3v) is 4.62. The highest BCUT2D eigenvalue weighted by atomic mass is 35.5. The van der Waals surface area contributed by atoms with Gasteiger partial charge < -0.3 is 9.30 Å². The van der Waals surface area contributed by atoms with Gasteiger partial charge in [-0.2, -0.15) is 0 Å². The van der Waals surface area contributed by atoms with Gasteiger partial charge in [0.05, 0.1) is 12.1 Å². The zero-order chi connectivity index (χ0) is 16.0. The molecule has 0 saturated heterocycles. The molecule has 2 aromatic rings. The monoisotopic (exact) mass is 330 g/mol. The number of fused-ring (bicyclic) bond motifs is 1.